The minimum absolute atomic E-state index is 0.178. The van der Waals surface area contributed by atoms with Gasteiger partial charge in [0.15, 0.2) is 0 Å². The number of nitriles is 1. The molecule has 0 fully saturated rings. The van der Waals surface area contributed by atoms with E-state index in [0.717, 1.165) is 16.3 Å². The first-order chi connectivity index (χ1) is 6.20. The number of carbonyl (C=O) groups excluding carboxylic acids is 1. The molecule has 0 aliphatic carbocycles. The van der Waals surface area contributed by atoms with Crippen LogP contribution in [0.1, 0.15) is 24.0 Å². The summed E-state index contributed by atoms with van der Waals surface area (Å²) >= 11 is 3.30. The Balaban J connectivity index is 3.25. The number of rotatable bonds is 2. The molecular weight excluding hydrogens is 230 g/mol. The van der Waals surface area contributed by atoms with Crippen LogP contribution < -0.4 is 0 Å². The summed E-state index contributed by atoms with van der Waals surface area (Å²) in [7, 11) is 0. The molecule has 0 bridgehead atoms. The van der Waals surface area contributed by atoms with Crippen LogP contribution >= 0.6 is 15.9 Å². The highest BCUT2D eigenvalue weighted by Crippen LogP contribution is 2.26. The van der Waals surface area contributed by atoms with E-state index in [1.54, 1.807) is 19.1 Å². The molecule has 1 aromatic carbocycles. The fourth-order valence-corrected chi connectivity index (χ4v) is 1.78. The van der Waals surface area contributed by atoms with Gasteiger partial charge in [0.2, 0.25) is 0 Å². The Morgan fingerprint density at radius 3 is 2.85 bits per heavy atom. The zero-order valence-electron chi connectivity index (χ0n) is 7.12. The first-order valence-electron chi connectivity index (χ1n) is 3.84. The molecule has 0 amide bonds. The molecule has 0 saturated heterocycles. The van der Waals surface area contributed by atoms with Gasteiger partial charge < -0.3 is 4.79 Å². The van der Waals surface area contributed by atoms with Crippen LogP contribution in [0.4, 0.5) is 0 Å². The first kappa shape index (κ1) is 9.94. The number of carbonyl (C=O) groups is 1. The van der Waals surface area contributed by atoms with E-state index in [1.807, 2.05) is 6.07 Å². The Hall–Kier alpha value is -1.14. The normalized spacial score (nSPS) is 11.8. The lowest BCUT2D eigenvalue weighted by atomic mass is 10.0. The van der Waals surface area contributed by atoms with Gasteiger partial charge in [-0.3, -0.25) is 0 Å². The largest absolute Gasteiger partial charge is 0.303 e. The summed E-state index contributed by atoms with van der Waals surface area (Å²) in [6.07, 6.45) is 0.862. The summed E-state index contributed by atoms with van der Waals surface area (Å²) in [4.78, 5) is 10.6. The summed E-state index contributed by atoms with van der Waals surface area (Å²) < 4.78 is 0.720. The maximum Gasteiger partial charge on any atom is 0.127 e. The highest BCUT2D eigenvalue weighted by Gasteiger charge is 2.10. The van der Waals surface area contributed by atoms with Crippen LogP contribution in [0.5, 0.6) is 0 Å². The number of benzene rings is 1. The number of hydrogen-bond donors (Lipinski definition) is 0. The van der Waals surface area contributed by atoms with Gasteiger partial charge in [-0.05, 0) is 27.6 Å². The zero-order chi connectivity index (χ0) is 9.84. The SMILES string of the molecule is CC(C=O)c1cccc(C#N)c1Br. The Kier molecular flexibility index (Phi) is 3.21. The van der Waals surface area contributed by atoms with Crippen LogP contribution in [0, 0.1) is 11.3 Å². The molecule has 0 heterocycles. The predicted molar refractivity (Wildman–Crippen MR) is 53.3 cm³/mol. The Morgan fingerprint density at radius 2 is 2.31 bits per heavy atom. The quantitative estimate of drug-likeness (QED) is 0.743. The van der Waals surface area contributed by atoms with Crippen molar-refractivity contribution < 1.29 is 4.79 Å². The Labute approximate surface area is 85.3 Å². The summed E-state index contributed by atoms with van der Waals surface area (Å²) in [5.41, 5.74) is 1.42. The number of hydrogen-bond acceptors (Lipinski definition) is 2. The van der Waals surface area contributed by atoms with E-state index in [-0.39, 0.29) is 5.92 Å². The minimum Gasteiger partial charge on any atom is -0.303 e. The molecule has 1 rings (SSSR count). The number of aldehydes is 1. The van der Waals surface area contributed by atoms with Gasteiger partial charge in [-0.15, -0.1) is 0 Å². The molecule has 0 saturated carbocycles. The lowest BCUT2D eigenvalue weighted by Gasteiger charge is -2.07. The Bertz CT molecular complexity index is 368. The highest BCUT2D eigenvalue weighted by molar-refractivity contribution is 9.10. The van der Waals surface area contributed by atoms with E-state index < -0.39 is 0 Å². The van der Waals surface area contributed by atoms with Gasteiger partial charge in [-0.1, -0.05) is 19.1 Å². The van der Waals surface area contributed by atoms with Crippen molar-refractivity contribution in [3.63, 3.8) is 0 Å². The standard InChI is InChI=1S/C10H8BrNO/c1-7(6-13)9-4-2-3-8(5-12)10(9)11/h2-4,6-7H,1H3. The molecule has 0 aliphatic heterocycles. The van der Waals surface area contributed by atoms with Crippen molar-refractivity contribution in [1.82, 2.24) is 0 Å². The smallest absolute Gasteiger partial charge is 0.127 e. The van der Waals surface area contributed by atoms with Gasteiger partial charge in [-0.25, -0.2) is 0 Å². The summed E-state index contributed by atoms with van der Waals surface area (Å²) in [6, 6.07) is 7.38. The molecule has 3 heteroatoms. The van der Waals surface area contributed by atoms with Crippen molar-refractivity contribution in [2.75, 3.05) is 0 Å². The second kappa shape index (κ2) is 4.20. The maximum absolute atomic E-state index is 10.6. The van der Waals surface area contributed by atoms with Crippen molar-refractivity contribution in [2.24, 2.45) is 0 Å². The molecular formula is C10H8BrNO. The fraction of sp³-hybridized carbons (Fsp3) is 0.200. The Morgan fingerprint density at radius 1 is 1.62 bits per heavy atom. The average molecular weight is 238 g/mol. The minimum atomic E-state index is -0.178. The molecule has 66 valence electrons. The highest BCUT2D eigenvalue weighted by atomic mass is 79.9. The third-order valence-electron chi connectivity index (χ3n) is 1.84. The van der Waals surface area contributed by atoms with Gasteiger partial charge in [-0.2, -0.15) is 5.26 Å². The van der Waals surface area contributed by atoms with Crippen LogP contribution in [-0.4, -0.2) is 6.29 Å². The van der Waals surface area contributed by atoms with Gasteiger partial charge in [0.25, 0.3) is 0 Å². The molecule has 1 atom stereocenters. The molecule has 13 heavy (non-hydrogen) atoms. The van der Waals surface area contributed by atoms with Crippen LogP contribution in [0.3, 0.4) is 0 Å². The van der Waals surface area contributed by atoms with Crippen LogP contribution in [0.25, 0.3) is 0 Å². The molecule has 0 radical (unpaired) electrons. The van der Waals surface area contributed by atoms with E-state index in [0.29, 0.717) is 5.56 Å². The number of nitrogens with zero attached hydrogens (tertiary/aromatic N) is 1. The van der Waals surface area contributed by atoms with E-state index in [1.165, 1.54) is 0 Å². The molecule has 0 N–H and O–H groups in total. The van der Waals surface area contributed by atoms with Crippen molar-refractivity contribution in [1.29, 1.82) is 5.26 Å². The van der Waals surface area contributed by atoms with Gasteiger partial charge in [0.1, 0.15) is 12.4 Å². The second-order valence-corrected chi connectivity index (χ2v) is 3.54. The van der Waals surface area contributed by atoms with Gasteiger partial charge in [0.05, 0.1) is 5.56 Å². The topological polar surface area (TPSA) is 40.9 Å². The number of halogens is 1. The summed E-state index contributed by atoms with van der Waals surface area (Å²) in [5.74, 6) is -0.178. The van der Waals surface area contributed by atoms with Crippen LogP contribution in [-0.2, 0) is 4.79 Å². The van der Waals surface area contributed by atoms with Crippen molar-refractivity contribution >= 4 is 22.2 Å². The molecule has 0 aromatic heterocycles. The van der Waals surface area contributed by atoms with Crippen molar-refractivity contribution in [3.05, 3.63) is 33.8 Å². The monoisotopic (exact) mass is 237 g/mol. The summed E-state index contributed by atoms with van der Waals surface area (Å²) in [6.45, 7) is 1.80. The third kappa shape index (κ3) is 1.96. The maximum atomic E-state index is 10.6. The first-order valence-corrected chi connectivity index (χ1v) is 4.63. The molecule has 1 aromatic rings. The predicted octanol–water partition coefficient (Wildman–Crippen LogP) is 2.62. The summed E-state index contributed by atoms with van der Waals surface area (Å²) in [5, 5.41) is 8.73. The lowest BCUT2D eigenvalue weighted by molar-refractivity contribution is -0.108. The molecule has 0 aliphatic rings. The molecule has 2 nitrogen and oxygen atoms in total. The van der Waals surface area contributed by atoms with Crippen molar-refractivity contribution in [3.8, 4) is 6.07 Å². The van der Waals surface area contributed by atoms with Gasteiger partial charge in [0, 0.05) is 10.4 Å². The van der Waals surface area contributed by atoms with E-state index in [2.05, 4.69) is 22.0 Å². The molecule has 0 spiro atoms. The van der Waals surface area contributed by atoms with E-state index in [4.69, 9.17) is 5.26 Å². The van der Waals surface area contributed by atoms with E-state index in [9.17, 15) is 4.79 Å². The molecule has 1 unspecified atom stereocenters. The average Bonchev–Trinajstić information content (AvgIpc) is 2.17. The lowest BCUT2D eigenvalue weighted by Crippen LogP contribution is -1.96. The van der Waals surface area contributed by atoms with Gasteiger partial charge >= 0.3 is 0 Å². The van der Waals surface area contributed by atoms with Crippen molar-refractivity contribution in [2.45, 2.75) is 12.8 Å². The third-order valence-corrected chi connectivity index (χ3v) is 2.73. The van der Waals surface area contributed by atoms with Crippen LogP contribution in [0.2, 0.25) is 0 Å². The zero-order valence-corrected chi connectivity index (χ0v) is 8.71. The van der Waals surface area contributed by atoms with E-state index >= 15 is 0 Å². The second-order valence-electron chi connectivity index (χ2n) is 2.75. The van der Waals surface area contributed by atoms with Crippen LogP contribution in [0.15, 0.2) is 22.7 Å². The fourth-order valence-electron chi connectivity index (χ4n) is 1.06.